The van der Waals surface area contributed by atoms with E-state index in [0.717, 1.165) is 51.1 Å². The number of piperidine rings is 1. The van der Waals surface area contributed by atoms with Crippen LogP contribution < -0.4 is 15.5 Å². The summed E-state index contributed by atoms with van der Waals surface area (Å²) in [5.74, 6) is 0.752. The molecule has 166 valence electrons. The molecule has 30 heavy (non-hydrogen) atoms. The van der Waals surface area contributed by atoms with Gasteiger partial charge in [0.1, 0.15) is 0 Å². The molecular weight excluding hydrogens is 374 g/mol. The second-order valence-corrected chi connectivity index (χ2v) is 10.2. The molecule has 5 heteroatoms. The zero-order chi connectivity index (χ0) is 21.0. The molecule has 0 bridgehead atoms. The first-order valence-electron chi connectivity index (χ1n) is 12.0. The molecule has 1 atom stereocenters. The normalized spacial score (nSPS) is 25.4. The van der Waals surface area contributed by atoms with E-state index >= 15 is 0 Å². The summed E-state index contributed by atoms with van der Waals surface area (Å²) < 4.78 is 5.86. The van der Waals surface area contributed by atoms with Gasteiger partial charge in [-0.2, -0.15) is 0 Å². The van der Waals surface area contributed by atoms with Gasteiger partial charge in [-0.1, -0.05) is 18.9 Å². The van der Waals surface area contributed by atoms with Crippen LogP contribution >= 0.6 is 0 Å². The third-order valence-corrected chi connectivity index (χ3v) is 7.11. The van der Waals surface area contributed by atoms with Crippen LogP contribution in [0.4, 0.5) is 11.4 Å². The van der Waals surface area contributed by atoms with Crippen LogP contribution in [0, 0.1) is 5.92 Å². The highest BCUT2D eigenvalue weighted by molar-refractivity contribution is 5.91. The molecule has 0 aromatic heterocycles. The van der Waals surface area contributed by atoms with Crippen LogP contribution in [0.2, 0.25) is 0 Å². The zero-order valence-electron chi connectivity index (χ0n) is 18.8. The number of rotatable bonds is 6. The first-order chi connectivity index (χ1) is 14.5. The van der Waals surface area contributed by atoms with Gasteiger partial charge in [-0.15, -0.1) is 0 Å². The highest BCUT2D eigenvalue weighted by Crippen LogP contribution is 2.29. The van der Waals surface area contributed by atoms with Crippen molar-refractivity contribution in [2.45, 2.75) is 89.3 Å². The Morgan fingerprint density at radius 2 is 1.87 bits per heavy atom. The number of carbonyl (C=O) groups excluding carboxylic acids is 1. The van der Waals surface area contributed by atoms with Crippen molar-refractivity contribution in [1.82, 2.24) is 5.32 Å². The van der Waals surface area contributed by atoms with E-state index in [-0.39, 0.29) is 11.5 Å². The lowest BCUT2D eigenvalue weighted by Gasteiger charge is -2.40. The lowest BCUT2D eigenvalue weighted by molar-refractivity contribution is -0.117. The SMILES string of the molecule is CC1(C)C[C@@H](NC2CCN(c3cccc(NC(=O)CC4CCCC4)c3)CC2)CCO1. The fourth-order valence-electron chi connectivity index (χ4n) is 5.48. The highest BCUT2D eigenvalue weighted by atomic mass is 16.5. The number of carbonyl (C=O) groups is 1. The first-order valence-corrected chi connectivity index (χ1v) is 12.0. The Bertz CT molecular complexity index is 706. The standard InChI is InChI=1S/C25H39N3O2/c1-25(2)18-22(12-15-30-25)26-20-10-13-28(14-11-20)23-9-5-8-21(17-23)27-24(29)16-19-6-3-4-7-19/h5,8-9,17,19-20,22,26H,3-4,6-7,10-16,18H2,1-2H3,(H,27,29)/t22-/m0/s1. The van der Waals surface area contributed by atoms with Gasteiger partial charge >= 0.3 is 0 Å². The van der Waals surface area contributed by atoms with Gasteiger partial charge in [0.25, 0.3) is 0 Å². The van der Waals surface area contributed by atoms with Crippen molar-refractivity contribution in [3.63, 3.8) is 0 Å². The van der Waals surface area contributed by atoms with E-state index in [9.17, 15) is 4.79 Å². The summed E-state index contributed by atoms with van der Waals surface area (Å²) in [6, 6.07) is 9.55. The molecule has 0 radical (unpaired) electrons. The molecule has 1 aromatic carbocycles. The maximum Gasteiger partial charge on any atom is 0.224 e. The summed E-state index contributed by atoms with van der Waals surface area (Å²) in [6.45, 7) is 7.38. The van der Waals surface area contributed by atoms with Gasteiger partial charge in [0.2, 0.25) is 5.91 Å². The Balaban J connectivity index is 1.25. The Labute approximate surface area is 181 Å². The Kier molecular flexibility index (Phi) is 6.99. The van der Waals surface area contributed by atoms with Crippen molar-refractivity contribution < 1.29 is 9.53 Å². The van der Waals surface area contributed by atoms with Gasteiger partial charge in [-0.3, -0.25) is 4.79 Å². The van der Waals surface area contributed by atoms with E-state index in [1.54, 1.807) is 0 Å². The van der Waals surface area contributed by atoms with Crippen LogP contribution in [0.15, 0.2) is 24.3 Å². The number of anilines is 2. The topological polar surface area (TPSA) is 53.6 Å². The van der Waals surface area contributed by atoms with E-state index < -0.39 is 0 Å². The molecule has 0 unspecified atom stereocenters. The van der Waals surface area contributed by atoms with Crippen molar-refractivity contribution in [3.05, 3.63) is 24.3 Å². The summed E-state index contributed by atoms with van der Waals surface area (Å²) in [5, 5.41) is 7.02. The quantitative estimate of drug-likeness (QED) is 0.708. The smallest absolute Gasteiger partial charge is 0.224 e. The summed E-state index contributed by atoms with van der Waals surface area (Å²) in [5.41, 5.74) is 2.15. The third kappa shape index (κ3) is 5.98. The van der Waals surface area contributed by atoms with Gasteiger partial charge in [-0.05, 0) is 76.5 Å². The summed E-state index contributed by atoms with van der Waals surface area (Å²) in [6.07, 6.45) is 10.2. The van der Waals surface area contributed by atoms with E-state index in [4.69, 9.17) is 4.74 Å². The third-order valence-electron chi connectivity index (χ3n) is 7.11. The van der Waals surface area contributed by atoms with Crippen molar-refractivity contribution >= 4 is 17.3 Å². The van der Waals surface area contributed by atoms with E-state index in [0.29, 0.717) is 24.4 Å². The van der Waals surface area contributed by atoms with Crippen LogP contribution in [0.3, 0.4) is 0 Å². The first kappa shape index (κ1) is 21.6. The van der Waals surface area contributed by atoms with Gasteiger partial charge < -0.3 is 20.3 Å². The summed E-state index contributed by atoms with van der Waals surface area (Å²) >= 11 is 0. The molecule has 1 aromatic rings. The van der Waals surface area contributed by atoms with Crippen molar-refractivity contribution in [2.75, 3.05) is 29.9 Å². The minimum Gasteiger partial charge on any atom is -0.375 e. The van der Waals surface area contributed by atoms with Gasteiger partial charge in [0.15, 0.2) is 0 Å². The minimum atomic E-state index is -0.000738. The monoisotopic (exact) mass is 413 g/mol. The average molecular weight is 414 g/mol. The predicted molar refractivity (Wildman–Crippen MR) is 123 cm³/mol. The lowest BCUT2D eigenvalue weighted by atomic mass is 9.92. The second kappa shape index (κ2) is 9.69. The molecule has 2 saturated heterocycles. The number of hydrogen-bond acceptors (Lipinski definition) is 4. The summed E-state index contributed by atoms with van der Waals surface area (Å²) in [4.78, 5) is 14.8. The van der Waals surface area contributed by atoms with E-state index in [1.165, 1.54) is 31.4 Å². The average Bonchev–Trinajstić information content (AvgIpc) is 3.21. The molecule has 2 N–H and O–H groups in total. The van der Waals surface area contributed by atoms with Crippen LogP contribution in [0.25, 0.3) is 0 Å². The van der Waals surface area contributed by atoms with Crippen LogP contribution in [0.5, 0.6) is 0 Å². The fourth-order valence-corrected chi connectivity index (χ4v) is 5.48. The molecule has 1 amide bonds. The van der Waals surface area contributed by atoms with Crippen LogP contribution in [0.1, 0.15) is 71.6 Å². The molecule has 0 spiro atoms. The molecule has 1 aliphatic carbocycles. The number of ether oxygens (including phenoxy) is 1. The molecule has 3 fully saturated rings. The van der Waals surface area contributed by atoms with Crippen molar-refractivity contribution in [3.8, 4) is 0 Å². The highest BCUT2D eigenvalue weighted by Gasteiger charge is 2.31. The van der Waals surface area contributed by atoms with Crippen molar-refractivity contribution in [1.29, 1.82) is 0 Å². The van der Waals surface area contributed by atoms with E-state index in [1.807, 2.05) is 6.07 Å². The maximum absolute atomic E-state index is 12.4. The summed E-state index contributed by atoms with van der Waals surface area (Å²) in [7, 11) is 0. The molecule has 5 nitrogen and oxygen atoms in total. The van der Waals surface area contributed by atoms with Crippen LogP contribution in [-0.2, 0) is 9.53 Å². The lowest BCUT2D eigenvalue weighted by Crippen LogP contribution is -2.50. The number of amides is 1. The zero-order valence-corrected chi connectivity index (χ0v) is 18.8. The van der Waals surface area contributed by atoms with Gasteiger partial charge in [0.05, 0.1) is 5.60 Å². The van der Waals surface area contributed by atoms with Crippen molar-refractivity contribution in [2.24, 2.45) is 5.92 Å². The predicted octanol–water partition coefficient (Wildman–Crippen LogP) is 4.72. The molecule has 4 rings (SSSR count). The number of nitrogens with one attached hydrogen (secondary N) is 2. The molecule has 3 aliphatic rings. The molecule has 2 aliphatic heterocycles. The Morgan fingerprint density at radius 1 is 1.10 bits per heavy atom. The Morgan fingerprint density at radius 3 is 2.60 bits per heavy atom. The van der Waals surface area contributed by atoms with Gasteiger partial charge in [-0.25, -0.2) is 0 Å². The number of benzene rings is 1. The molecule has 1 saturated carbocycles. The second-order valence-electron chi connectivity index (χ2n) is 10.2. The Hall–Kier alpha value is -1.59. The van der Waals surface area contributed by atoms with E-state index in [2.05, 4.69) is 47.6 Å². The largest absolute Gasteiger partial charge is 0.375 e. The number of nitrogens with zero attached hydrogens (tertiary/aromatic N) is 1. The molecular formula is C25H39N3O2. The van der Waals surface area contributed by atoms with Gasteiger partial charge in [0, 0.05) is 49.6 Å². The van der Waals surface area contributed by atoms with Crippen LogP contribution in [-0.4, -0.2) is 43.3 Å². The fraction of sp³-hybridized carbons (Fsp3) is 0.720. The molecule has 2 heterocycles. The minimum absolute atomic E-state index is 0.000738. The number of hydrogen-bond donors (Lipinski definition) is 2. The maximum atomic E-state index is 12.4.